The van der Waals surface area contributed by atoms with Gasteiger partial charge in [-0.2, -0.15) is 0 Å². The monoisotopic (exact) mass is 373 g/mol. The van der Waals surface area contributed by atoms with Crippen LogP contribution < -0.4 is 10.2 Å². The fraction of sp³-hybridized carbons (Fsp3) is 0.273. The molecule has 0 spiro atoms. The van der Waals surface area contributed by atoms with E-state index in [1.807, 2.05) is 61.5 Å². The molecule has 3 heterocycles. The van der Waals surface area contributed by atoms with E-state index in [2.05, 4.69) is 25.4 Å². The lowest BCUT2D eigenvalue weighted by atomic mass is 9.96. The summed E-state index contributed by atoms with van der Waals surface area (Å²) in [6.45, 7) is 3.53. The number of amides is 1. The molecule has 0 aliphatic carbocycles. The minimum Gasteiger partial charge on any atom is -0.355 e. The number of anilines is 2. The van der Waals surface area contributed by atoms with E-state index in [-0.39, 0.29) is 11.8 Å². The molecule has 1 aromatic carbocycles. The molecule has 3 aromatic rings. The lowest BCUT2D eigenvalue weighted by Gasteiger charge is -2.31. The van der Waals surface area contributed by atoms with Crippen molar-refractivity contribution in [2.45, 2.75) is 19.8 Å². The van der Waals surface area contributed by atoms with Crippen LogP contribution in [0.2, 0.25) is 0 Å². The molecule has 4 rings (SSSR count). The van der Waals surface area contributed by atoms with Crippen molar-refractivity contribution in [1.82, 2.24) is 15.2 Å². The number of aromatic nitrogens is 3. The predicted molar refractivity (Wildman–Crippen MR) is 110 cm³/mol. The number of piperidine rings is 1. The van der Waals surface area contributed by atoms with Gasteiger partial charge in [0.15, 0.2) is 5.82 Å². The molecule has 0 radical (unpaired) electrons. The number of nitrogens with zero attached hydrogens (tertiary/aromatic N) is 4. The van der Waals surface area contributed by atoms with Crippen LogP contribution in [0, 0.1) is 12.8 Å². The number of rotatable bonds is 4. The number of aryl methyl sites for hydroxylation is 1. The Balaban J connectivity index is 1.35. The second-order valence-corrected chi connectivity index (χ2v) is 7.06. The SMILES string of the molecule is Cc1cccnc1NC(=O)C1CCN(c2ccc(-c3ccccc3)nn2)CC1. The average molecular weight is 373 g/mol. The van der Waals surface area contributed by atoms with Crippen LogP contribution in [0.5, 0.6) is 0 Å². The van der Waals surface area contributed by atoms with Gasteiger partial charge in [0.25, 0.3) is 0 Å². The Bertz CT molecular complexity index is 935. The number of nitrogens with one attached hydrogen (secondary N) is 1. The van der Waals surface area contributed by atoms with Crippen molar-refractivity contribution >= 4 is 17.5 Å². The molecule has 2 aromatic heterocycles. The van der Waals surface area contributed by atoms with Crippen molar-refractivity contribution in [3.8, 4) is 11.3 Å². The highest BCUT2D eigenvalue weighted by Gasteiger charge is 2.26. The highest BCUT2D eigenvalue weighted by atomic mass is 16.1. The Labute approximate surface area is 164 Å². The standard InChI is InChI=1S/C22H23N5O/c1-16-6-5-13-23-21(16)24-22(28)18-11-14-27(15-12-18)20-10-9-19(25-26-20)17-7-3-2-4-8-17/h2-10,13,18H,11-12,14-15H2,1H3,(H,23,24,28). The summed E-state index contributed by atoms with van der Waals surface area (Å²) in [5, 5.41) is 11.7. The lowest BCUT2D eigenvalue weighted by molar-refractivity contribution is -0.120. The topological polar surface area (TPSA) is 71.0 Å². The van der Waals surface area contributed by atoms with Crippen LogP contribution >= 0.6 is 0 Å². The number of carbonyl (C=O) groups excluding carboxylic acids is 1. The van der Waals surface area contributed by atoms with Crippen LogP contribution in [0.15, 0.2) is 60.8 Å². The summed E-state index contributed by atoms with van der Waals surface area (Å²) >= 11 is 0. The molecule has 6 nitrogen and oxygen atoms in total. The average Bonchev–Trinajstić information content (AvgIpc) is 2.76. The van der Waals surface area contributed by atoms with Crippen LogP contribution in [0.1, 0.15) is 18.4 Å². The van der Waals surface area contributed by atoms with Crippen LogP contribution in [-0.2, 0) is 4.79 Å². The molecule has 0 saturated carbocycles. The van der Waals surface area contributed by atoms with Gasteiger partial charge in [-0.05, 0) is 43.5 Å². The molecule has 1 amide bonds. The summed E-state index contributed by atoms with van der Waals surface area (Å²) in [7, 11) is 0. The number of hydrogen-bond donors (Lipinski definition) is 1. The molecule has 1 saturated heterocycles. The normalized spacial score (nSPS) is 14.7. The number of hydrogen-bond acceptors (Lipinski definition) is 5. The maximum Gasteiger partial charge on any atom is 0.228 e. The van der Waals surface area contributed by atoms with Crippen LogP contribution in [0.25, 0.3) is 11.3 Å². The van der Waals surface area contributed by atoms with Crippen molar-refractivity contribution < 1.29 is 4.79 Å². The minimum absolute atomic E-state index is 0.00536. The first kappa shape index (κ1) is 18.1. The summed E-state index contributed by atoms with van der Waals surface area (Å²) in [4.78, 5) is 19.0. The highest BCUT2D eigenvalue weighted by Crippen LogP contribution is 2.24. The third-order valence-electron chi connectivity index (χ3n) is 5.16. The molecular formula is C22H23N5O. The summed E-state index contributed by atoms with van der Waals surface area (Å²) in [5.74, 6) is 1.55. The Morgan fingerprint density at radius 3 is 2.46 bits per heavy atom. The van der Waals surface area contributed by atoms with Crippen LogP contribution in [-0.4, -0.2) is 34.2 Å². The first-order valence-corrected chi connectivity index (χ1v) is 9.57. The van der Waals surface area contributed by atoms with Gasteiger partial charge in [-0.15, -0.1) is 10.2 Å². The molecule has 1 N–H and O–H groups in total. The van der Waals surface area contributed by atoms with Gasteiger partial charge in [-0.1, -0.05) is 36.4 Å². The Kier molecular flexibility index (Phi) is 5.28. The van der Waals surface area contributed by atoms with Gasteiger partial charge in [-0.25, -0.2) is 4.98 Å². The zero-order valence-corrected chi connectivity index (χ0v) is 15.9. The zero-order valence-electron chi connectivity index (χ0n) is 15.9. The highest BCUT2D eigenvalue weighted by molar-refractivity contribution is 5.92. The van der Waals surface area contributed by atoms with E-state index in [4.69, 9.17) is 0 Å². The Hall–Kier alpha value is -3.28. The van der Waals surface area contributed by atoms with Crippen molar-refractivity contribution in [2.24, 2.45) is 5.92 Å². The van der Waals surface area contributed by atoms with E-state index in [0.29, 0.717) is 5.82 Å². The summed E-state index contributed by atoms with van der Waals surface area (Å²) < 4.78 is 0. The fourth-order valence-corrected chi connectivity index (χ4v) is 3.46. The van der Waals surface area contributed by atoms with Crippen LogP contribution in [0.4, 0.5) is 11.6 Å². The van der Waals surface area contributed by atoms with Crippen molar-refractivity contribution in [2.75, 3.05) is 23.3 Å². The summed E-state index contributed by atoms with van der Waals surface area (Å²) in [6, 6.07) is 17.8. The van der Waals surface area contributed by atoms with Crippen molar-refractivity contribution in [1.29, 1.82) is 0 Å². The molecule has 142 valence electrons. The van der Waals surface area contributed by atoms with Gasteiger partial charge in [0, 0.05) is 30.8 Å². The second kappa shape index (κ2) is 8.17. The number of pyridine rings is 1. The molecule has 6 heteroatoms. The largest absolute Gasteiger partial charge is 0.355 e. The number of benzene rings is 1. The first-order chi connectivity index (χ1) is 13.7. The maximum absolute atomic E-state index is 12.6. The van der Waals surface area contributed by atoms with Crippen LogP contribution in [0.3, 0.4) is 0 Å². The van der Waals surface area contributed by atoms with Gasteiger partial charge in [0.2, 0.25) is 5.91 Å². The molecule has 1 fully saturated rings. The van der Waals surface area contributed by atoms with E-state index in [1.165, 1.54) is 0 Å². The van der Waals surface area contributed by atoms with Crippen molar-refractivity contribution in [3.05, 3.63) is 66.4 Å². The smallest absolute Gasteiger partial charge is 0.228 e. The van der Waals surface area contributed by atoms with E-state index in [1.54, 1.807) is 6.20 Å². The number of carbonyl (C=O) groups is 1. The molecular weight excluding hydrogens is 350 g/mol. The van der Waals surface area contributed by atoms with Gasteiger partial charge in [0.1, 0.15) is 5.82 Å². The predicted octanol–water partition coefficient (Wildman–Crippen LogP) is 3.70. The quantitative estimate of drug-likeness (QED) is 0.755. The molecule has 1 aliphatic heterocycles. The zero-order chi connectivity index (χ0) is 19.3. The molecule has 0 unspecified atom stereocenters. The Morgan fingerprint density at radius 2 is 1.79 bits per heavy atom. The molecule has 0 atom stereocenters. The molecule has 28 heavy (non-hydrogen) atoms. The van der Waals surface area contributed by atoms with Gasteiger partial charge < -0.3 is 10.2 Å². The van der Waals surface area contributed by atoms with E-state index < -0.39 is 0 Å². The van der Waals surface area contributed by atoms with E-state index >= 15 is 0 Å². The first-order valence-electron chi connectivity index (χ1n) is 9.57. The summed E-state index contributed by atoms with van der Waals surface area (Å²) in [5.41, 5.74) is 2.90. The molecule has 1 aliphatic rings. The summed E-state index contributed by atoms with van der Waals surface area (Å²) in [6.07, 6.45) is 3.28. The third-order valence-corrected chi connectivity index (χ3v) is 5.16. The second-order valence-electron chi connectivity index (χ2n) is 7.06. The lowest BCUT2D eigenvalue weighted by Crippen LogP contribution is -2.38. The van der Waals surface area contributed by atoms with E-state index in [9.17, 15) is 4.79 Å². The third kappa shape index (κ3) is 4.01. The molecule has 0 bridgehead atoms. The fourth-order valence-electron chi connectivity index (χ4n) is 3.46. The van der Waals surface area contributed by atoms with Gasteiger partial charge >= 0.3 is 0 Å². The van der Waals surface area contributed by atoms with Crippen molar-refractivity contribution in [3.63, 3.8) is 0 Å². The Morgan fingerprint density at radius 1 is 1.00 bits per heavy atom. The minimum atomic E-state index is -0.00536. The maximum atomic E-state index is 12.6. The van der Waals surface area contributed by atoms with Gasteiger partial charge in [0.05, 0.1) is 5.69 Å². The van der Waals surface area contributed by atoms with E-state index in [0.717, 1.165) is 48.6 Å². The van der Waals surface area contributed by atoms with Gasteiger partial charge in [-0.3, -0.25) is 4.79 Å².